The summed E-state index contributed by atoms with van der Waals surface area (Å²) in [7, 11) is 1.33. The number of rotatable bonds is 38. The van der Waals surface area contributed by atoms with Gasteiger partial charge in [-0.1, -0.05) is 133 Å². The van der Waals surface area contributed by atoms with Crippen molar-refractivity contribution in [1.29, 1.82) is 0 Å². The van der Waals surface area contributed by atoms with Crippen molar-refractivity contribution in [2.24, 2.45) is 0 Å². The Morgan fingerprint density at radius 1 is 0.596 bits per heavy atom. The first-order chi connectivity index (χ1) is 25.1. The lowest BCUT2D eigenvalue weighted by Crippen LogP contribution is -2.37. The molecule has 52 heavy (non-hydrogen) atoms. The summed E-state index contributed by atoms with van der Waals surface area (Å²) in [4.78, 5) is 25.0. The molecule has 0 heterocycles. The fraction of sp³-hybridized carbons (Fsp3) is 0.791. The van der Waals surface area contributed by atoms with E-state index in [9.17, 15) is 14.3 Å². The van der Waals surface area contributed by atoms with Gasteiger partial charge in [-0.2, -0.15) is 0 Å². The summed E-state index contributed by atoms with van der Waals surface area (Å²) in [6.07, 6.45) is 42.6. The molecule has 0 aromatic rings. The van der Waals surface area contributed by atoms with Gasteiger partial charge in [-0.15, -0.1) is 0 Å². The van der Waals surface area contributed by atoms with Gasteiger partial charge >= 0.3 is 5.97 Å². The summed E-state index contributed by atoms with van der Waals surface area (Å²) in [5.74, 6) is -0.354. The number of quaternary nitrogens is 1. The third-order valence-electron chi connectivity index (χ3n) is 8.60. The predicted octanol–water partition coefficient (Wildman–Crippen LogP) is 11.4. The maximum Gasteiger partial charge on any atom is 0.306 e. The Morgan fingerprint density at radius 2 is 1.08 bits per heavy atom. The molecule has 0 fully saturated rings. The minimum atomic E-state index is -4.53. The average Bonchev–Trinajstić information content (AvgIpc) is 3.09. The summed E-state index contributed by atoms with van der Waals surface area (Å²) < 4.78 is 34.5. The third-order valence-corrected chi connectivity index (χ3v) is 9.57. The highest BCUT2D eigenvalue weighted by atomic mass is 31.2. The van der Waals surface area contributed by atoms with E-state index in [2.05, 4.69) is 62.5 Å². The Hall–Kier alpha value is -1.54. The molecule has 0 aromatic carbocycles. The molecule has 0 aliphatic heterocycles. The van der Waals surface area contributed by atoms with Gasteiger partial charge in [0.1, 0.15) is 19.3 Å². The molecule has 9 heteroatoms. The van der Waals surface area contributed by atoms with Crippen LogP contribution in [0.2, 0.25) is 0 Å². The van der Waals surface area contributed by atoms with E-state index in [1.807, 2.05) is 21.1 Å². The molecular weight excluding hydrogens is 673 g/mol. The normalized spacial score (nSPS) is 14.3. The third kappa shape index (κ3) is 39.7. The van der Waals surface area contributed by atoms with Crippen molar-refractivity contribution < 1.29 is 37.3 Å². The number of carbonyl (C=O) groups excluding carboxylic acids is 1. The Balaban J connectivity index is 4.31. The van der Waals surface area contributed by atoms with Crippen LogP contribution in [0, 0.1) is 0 Å². The van der Waals surface area contributed by atoms with Crippen LogP contribution in [-0.4, -0.2) is 70.7 Å². The van der Waals surface area contributed by atoms with Crippen LogP contribution in [-0.2, 0) is 27.9 Å². The summed E-state index contributed by atoms with van der Waals surface area (Å²) in [5, 5.41) is 0. The van der Waals surface area contributed by atoms with Crippen LogP contribution in [0.25, 0.3) is 0 Å². The van der Waals surface area contributed by atoms with Crippen molar-refractivity contribution in [3.63, 3.8) is 0 Å². The highest BCUT2D eigenvalue weighted by Crippen LogP contribution is 2.38. The number of nitrogens with zero attached hydrogens (tertiary/aromatic N) is 1. The van der Waals surface area contributed by atoms with Gasteiger partial charge in [0.05, 0.1) is 34.4 Å². The highest BCUT2D eigenvalue weighted by molar-refractivity contribution is 7.45. The number of likely N-dealkylation sites (N-methyl/N-ethyl adjacent to an activating group) is 1. The molecule has 0 aliphatic rings. The number of hydrogen-bond donors (Lipinski definition) is 0. The largest absolute Gasteiger partial charge is 0.756 e. The molecule has 0 N–H and O–H groups in total. The number of carbonyl (C=O) groups is 1. The molecule has 304 valence electrons. The zero-order valence-corrected chi connectivity index (χ0v) is 35.1. The van der Waals surface area contributed by atoms with E-state index in [4.69, 9.17) is 18.5 Å². The summed E-state index contributed by atoms with van der Waals surface area (Å²) >= 11 is 0. The van der Waals surface area contributed by atoms with Crippen LogP contribution < -0.4 is 4.89 Å². The van der Waals surface area contributed by atoms with Crippen LogP contribution in [0.3, 0.4) is 0 Å². The molecule has 0 spiro atoms. The monoisotopic (exact) mass is 754 g/mol. The van der Waals surface area contributed by atoms with E-state index in [0.717, 1.165) is 77.0 Å². The Kier molecular flexibility index (Phi) is 35.4. The number of ether oxygens (including phenoxy) is 2. The van der Waals surface area contributed by atoms with Gasteiger partial charge in [-0.25, -0.2) is 0 Å². The SMILES string of the molecule is CCCC/C=C\C/C=C\CCCCCCCC(=O)OC(COCCCCCCCC/C=C\C/C=C\CCCCC)COP(=O)([O-])OCC[N+](C)(C)C. The van der Waals surface area contributed by atoms with E-state index < -0.39 is 13.9 Å². The Morgan fingerprint density at radius 3 is 1.62 bits per heavy atom. The number of esters is 1. The predicted molar refractivity (Wildman–Crippen MR) is 217 cm³/mol. The lowest BCUT2D eigenvalue weighted by Gasteiger charge is -2.28. The van der Waals surface area contributed by atoms with Gasteiger partial charge in [0.2, 0.25) is 0 Å². The van der Waals surface area contributed by atoms with E-state index in [0.29, 0.717) is 24.1 Å². The zero-order chi connectivity index (χ0) is 38.4. The van der Waals surface area contributed by atoms with Gasteiger partial charge < -0.3 is 27.9 Å². The number of allylic oxidation sites excluding steroid dienone is 8. The van der Waals surface area contributed by atoms with Crippen LogP contribution in [0.1, 0.15) is 162 Å². The molecule has 2 unspecified atom stereocenters. The second-order valence-electron chi connectivity index (χ2n) is 15.0. The van der Waals surface area contributed by atoms with Gasteiger partial charge in [0.15, 0.2) is 0 Å². The number of phosphoric acid groups is 1. The quantitative estimate of drug-likeness (QED) is 0.0204. The van der Waals surface area contributed by atoms with Crippen molar-refractivity contribution in [2.75, 3.05) is 54.1 Å². The molecule has 0 amide bonds. The van der Waals surface area contributed by atoms with Gasteiger partial charge in [0.25, 0.3) is 7.82 Å². The lowest BCUT2D eigenvalue weighted by molar-refractivity contribution is -0.870. The topological polar surface area (TPSA) is 94.1 Å². The van der Waals surface area contributed by atoms with E-state index in [1.165, 1.54) is 64.2 Å². The molecule has 0 radical (unpaired) electrons. The molecule has 8 nitrogen and oxygen atoms in total. The molecule has 0 saturated heterocycles. The van der Waals surface area contributed by atoms with Gasteiger partial charge in [0, 0.05) is 13.0 Å². The Bertz CT molecular complexity index is 973. The molecule has 0 saturated carbocycles. The van der Waals surface area contributed by atoms with E-state index in [1.54, 1.807) is 0 Å². The van der Waals surface area contributed by atoms with Crippen molar-refractivity contribution >= 4 is 13.8 Å². The maximum atomic E-state index is 12.6. The van der Waals surface area contributed by atoms with Crippen LogP contribution in [0.4, 0.5) is 0 Å². The van der Waals surface area contributed by atoms with E-state index in [-0.39, 0.29) is 25.8 Å². The van der Waals surface area contributed by atoms with Crippen LogP contribution >= 0.6 is 7.82 Å². The summed E-state index contributed by atoms with van der Waals surface area (Å²) in [6.45, 7) is 5.29. The highest BCUT2D eigenvalue weighted by Gasteiger charge is 2.20. The van der Waals surface area contributed by atoms with Crippen LogP contribution in [0.15, 0.2) is 48.6 Å². The van der Waals surface area contributed by atoms with Crippen LogP contribution in [0.5, 0.6) is 0 Å². The first kappa shape index (κ1) is 50.5. The standard InChI is InChI=1S/C43H80NO7P/c1-6-8-10-12-14-16-18-20-22-23-25-27-29-31-33-35-38-48-40-42(41-50-52(46,47)49-39-37-44(3,4)5)51-43(45)36-34-32-30-28-26-24-21-19-17-15-13-11-9-7-2/h13-16,19-22,42H,6-12,17-18,23-41H2,1-5H3/b15-13-,16-14-,21-19-,22-20-. The maximum absolute atomic E-state index is 12.6. The van der Waals surface area contributed by atoms with Crippen molar-refractivity contribution in [3.05, 3.63) is 48.6 Å². The fourth-order valence-electron chi connectivity index (χ4n) is 5.30. The molecule has 0 bridgehead atoms. The summed E-state index contributed by atoms with van der Waals surface area (Å²) in [6, 6.07) is 0. The first-order valence-corrected chi connectivity index (χ1v) is 22.3. The van der Waals surface area contributed by atoms with Crippen molar-refractivity contribution in [1.82, 2.24) is 0 Å². The molecular formula is C43H80NO7P. The molecule has 0 aromatic heterocycles. The minimum absolute atomic E-state index is 0.0194. The second-order valence-corrected chi connectivity index (χ2v) is 16.4. The first-order valence-electron chi connectivity index (χ1n) is 20.9. The zero-order valence-electron chi connectivity index (χ0n) is 34.2. The van der Waals surface area contributed by atoms with Gasteiger partial charge in [-0.3, -0.25) is 9.36 Å². The minimum Gasteiger partial charge on any atom is -0.756 e. The number of hydrogen-bond acceptors (Lipinski definition) is 7. The summed E-state index contributed by atoms with van der Waals surface area (Å²) in [5.41, 5.74) is 0. The number of phosphoric ester groups is 1. The Labute approximate surface area is 320 Å². The second kappa shape index (κ2) is 36.4. The smallest absolute Gasteiger partial charge is 0.306 e. The average molecular weight is 754 g/mol. The van der Waals surface area contributed by atoms with Gasteiger partial charge in [-0.05, 0) is 70.6 Å². The van der Waals surface area contributed by atoms with Crippen molar-refractivity contribution in [2.45, 2.75) is 168 Å². The fourth-order valence-corrected chi connectivity index (χ4v) is 6.03. The van der Waals surface area contributed by atoms with Crippen molar-refractivity contribution in [3.8, 4) is 0 Å². The molecule has 0 rings (SSSR count). The number of unbranched alkanes of at least 4 members (excludes halogenated alkanes) is 16. The molecule has 2 atom stereocenters. The molecule has 0 aliphatic carbocycles. The lowest BCUT2D eigenvalue weighted by atomic mass is 10.1. The van der Waals surface area contributed by atoms with E-state index >= 15 is 0 Å².